The number of hydrogen-bond donors (Lipinski definition) is 0. The highest BCUT2D eigenvalue weighted by Crippen LogP contribution is 2.20. The number of anilines is 1. The van der Waals surface area contributed by atoms with Gasteiger partial charge in [0.15, 0.2) is 0 Å². The molecule has 0 bridgehead atoms. The molecule has 1 unspecified atom stereocenters. The molecule has 1 amide bonds. The quantitative estimate of drug-likeness (QED) is 0.711. The number of rotatable bonds is 5. The molecule has 26 heavy (non-hydrogen) atoms. The van der Waals surface area contributed by atoms with Crippen LogP contribution in [0, 0.1) is 6.92 Å². The van der Waals surface area contributed by atoms with Crippen LogP contribution in [0.5, 0.6) is 0 Å². The molecule has 3 aromatic rings. The maximum Gasteiger partial charge on any atom is 0.267 e. The van der Waals surface area contributed by atoms with Gasteiger partial charge in [-0.3, -0.25) is 9.59 Å². The number of aryl methyl sites for hydroxylation is 1. The number of hydrogen-bond acceptors (Lipinski definition) is 3. The molecule has 0 fully saturated rings. The normalized spacial score (nSPS) is 11.8. The standard InChI is InChI=1S/C21H21N3O2/c1-16-13-14-20(25)24(22-16)17(2)21(26)23(19-11-7-4-8-12-19)15-18-9-5-3-6-10-18/h3-14,17H,15H2,1-2H3. The summed E-state index contributed by atoms with van der Waals surface area (Å²) in [5.74, 6) is -0.180. The summed E-state index contributed by atoms with van der Waals surface area (Å²) in [7, 11) is 0. The fourth-order valence-corrected chi connectivity index (χ4v) is 2.80. The third-order valence-electron chi connectivity index (χ3n) is 4.20. The first-order valence-corrected chi connectivity index (χ1v) is 8.53. The van der Waals surface area contributed by atoms with Crippen LogP contribution in [0.4, 0.5) is 5.69 Å². The topological polar surface area (TPSA) is 55.2 Å². The average molecular weight is 347 g/mol. The molecule has 1 atom stereocenters. The van der Waals surface area contributed by atoms with Gasteiger partial charge in [-0.05, 0) is 37.6 Å². The minimum Gasteiger partial charge on any atom is -0.306 e. The Bertz CT molecular complexity index is 936. The minimum atomic E-state index is -0.702. The van der Waals surface area contributed by atoms with E-state index in [4.69, 9.17) is 0 Å². The number of carbonyl (C=O) groups excluding carboxylic acids is 1. The highest BCUT2D eigenvalue weighted by atomic mass is 16.2. The summed E-state index contributed by atoms with van der Waals surface area (Å²) in [6.45, 7) is 3.93. The summed E-state index contributed by atoms with van der Waals surface area (Å²) < 4.78 is 1.25. The fourth-order valence-electron chi connectivity index (χ4n) is 2.80. The van der Waals surface area contributed by atoms with Gasteiger partial charge in [-0.25, -0.2) is 4.68 Å². The summed E-state index contributed by atoms with van der Waals surface area (Å²) in [6, 6.07) is 21.6. The van der Waals surface area contributed by atoms with Crippen molar-refractivity contribution < 1.29 is 4.79 Å². The van der Waals surface area contributed by atoms with Gasteiger partial charge in [0.25, 0.3) is 11.5 Å². The van der Waals surface area contributed by atoms with Crippen molar-refractivity contribution in [1.29, 1.82) is 0 Å². The molecule has 3 rings (SSSR count). The Morgan fingerprint density at radius 3 is 2.27 bits per heavy atom. The number of amides is 1. The molecule has 0 saturated carbocycles. The van der Waals surface area contributed by atoms with Crippen molar-refractivity contribution in [1.82, 2.24) is 9.78 Å². The third kappa shape index (κ3) is 3.88. The molecule has 0 aliphatic rings. The van der Waals surface area contributed by atoms with E-state index < -0.39 is 6.04 Å². The van der Waals surface area contributed by atoms with Crippen LogP contribution in [0.3, 0.4) is 0 Å². The number of para-hydroxylation sites is 1. The van der Waals surface area contributed by atoms with Gasteiger partial charge in [0.1, 0.15) is 6.04 Å². The summed E-state index contributed by atoms with van der Waals surface area (Å²) in [4.78, 5) is 27.1. The largest absolute Gasteiger partial charge is 0.306 e. The van der Waals surface area contributed by atoms with Crippen molar-refractivity contribution in [3.8, 4) is 0 Å². The van der Waals surface area contributed by atoms with E-state index in [9.17, 15) is 9.59 Å². The van der Waals surface area contributed by atoms with Crippen LogP contribution in [0.2, 0.25) is 0 Å². The molecule has 0 radical (unpaired) electrons. The Kier molecular flexibility index (Phi) is 5.27. The van der Waals surface area contributed by atoms with E-state index in [0.29, 0.717) is 12.2 Å². The third-order valence-corrected chi connectivity index (χ3v) is 4.20. The first-order chi connectivity index (χ1) is 12.6. The van der Waals surface area contributed by atoms with Gasteiger partial charge < -0.3 is 4.90 Å². The van der Waals surface area contributed by atoms with Crippen molar-refractivity contribution in [2.24, 2.45) is 0 Å². The Morgan fingerprint density at radius 2 is 1.62 bits per heavy atom. The van der Waals surface area contributed by atoms with Gasteiger partial charge >= 0.3 is 0 Å². The average Bonchev–Trinajstić information content (AvgIpc) is 2.68. The summed E-state index contributed by atoms with van der Waals surface area (Å²) >= 11 is 0. The van der Waals surface area contributed by atoms with E-state index in [2.05, 4.69) is 5.10 Å². The maximum absolute atomic E-state index is 13.2. The Labute approximate surface area is 152 Å². The lowest BCUT2D eigenvalue weighted by molar-refractivity contribution is -0.121. The molecule has 2 aromatic carbocycles. The second-order valence-electron chi connectivity index (χ2n) is 6.18. The summed E-state index contributed by atoms with van der Waals surface area (Å²) in [5, 5.41) is 4.23. The van der Waals surface area contributed by atoms with Crippen molar-refractivity contribution in [2.45, 2.75) is 26.4 Å². The minimum absolute atomic E-state index is 0.180. The maximum atomic E-state index is 13.2. The molecule has 0 saturated heterocycles. The number of benzene rings is 2. The fraction of sp³-hybridized carbons (Fsp3) is 0.190. The van der Waals surface area contributed by atoms with E-state index in [0.717, 1.165) is 11.3 Å². The summed E-state index contributed by atoms with van der Waals surface area (Å²) in [5.41, 5.74) is 2.21. The van der Waals surface area contributed by atoms with Gasteiger partial charge in [-0.1, -0.05) is 48.5 Å². The molecular formula is C21H21N3O2. The van der Waals surface area contributed by atoms with Crippen LogP contribution in [0.15, 0.2) is 77.6 Å². The van der Waals surface area contributed by atoms with Crippen LogP contribution >= 0.6 is 0 Å². The molecule has 1 heterocycles. The molecule has 132 valence electrons. The zero-order valence-corrected chi connectivity index (χ0v) is 14.9. The van der Waals surface area contributed by atoms with E-state index in [-0.39, 0.29) is 11.5 Å². The first kappa shape index (κ1) is 17.6. The van der Waals surface area contributed by atoms with E-state index in [1.807, 2.05) is 60.7 Å². The number of nitrogens with zero attached hydrogens (tertiary/aromatic N) is 3. The van der Waals surface area contributed by atoms with E-state index in [1.54, 1.807) is 24.8 Å². The van der Waals surface area contributed by atoms with Crippen molar-refractivity contribution in [3.05, 3.63) is 94.4 Å². The van der Waals surface area contributed by atoms with Crippen LogP contribution in [-0.4, -0.2) is 15.7 Å². The van der Waals surface area contributed by atoms with Crippen LogP contribution < -0.4 is 10.5 Å². The van der Waals surface area contributed by atoms with Gasteiger partial charge in [0.2, 0.25) is 0 Å². The zero-order valence-electron chi connectivity index (χ0n) is 14.9. The van der Waals surface area contributed by atoms with Crippen LogP contribution in [-0.2, 0) is 11.3 Å². The molecule has 0 aliphatic carbocycles. The smallest absolute Gasteiger partial charge is 0.267 e. The molecule has 0 N–H and O–H groups in total. The zero-order chi connectivity index (χ0) is 18.5. The lowest BCUT2D eigenvalue weighted by Gasteiger charge is -2.26. The predicted octanol–water partition coefficient (Wildman–Crippen LogP) is 3.35. The Morgan fingerprint density at radius 1 is 1.00 bits per heavy atom. The van der Waals surface area contributed by atoms with Gasteiger partial charge in [0, 0.05) is 11.8 Å². The van der Waals surface area contributed by atoms with E-state index in [1.165, 1.54) is 10.7 Å². The lowest BCUT2D eigenvalue weighted by Crippen LogP contribution is -2.40. The molecule has 0 spiro atoms. The number of aromatic nitrogens is 2. The van der Waals surface area contributed by atoms with Crippen LogP contribution in [0.1, 0.15) is 24.2 Å². The SMILES string of the molecule is Cc1ccc(=O)n(C(C)C(=O)N(Cc2ccccc2)c2ccccc2)n1. The summed E-state index contributed by atoms with van der Waals surface area (Å²) in [6.07, 6.45) is 0. The molecule has 5 nitrogen and oxygen atoms in total. The van der Waals surface area contributed by atoms with Gasteiger partial charge in [0.05, 0.1) is 12.2 Å². The Hall–Kier alpha value is -3.21. The molecule has 0 aliphatic heterocycles. The molecular weight excluding hydrogens is 326 g/mol. The Balaban J connectivity index is 1.96. The van der Waals surface area contributed by atoms with Crippen molar-refractivity contribution in [2.75, 3.05) is 4.90 Å². The first-order valence-electron chi connectivity index (χ1n) is 8.53. The second-order valence-corrected chi connectivity index (χ2v) is 6.18. The molecule has 5 heteroatoms. The van der Waals surface area contributed by atoms with E-state index >= 15 is 0 Å². The van der Waals surface area contributed by atoms with Gasteiger partial charge in [-0.15, -0.1) is 0 Å². The monoisotopic (exact) mass is 347 g/mol. The highest BCUT2D eigenvalue weighted by molar-refractivity contribution is 5.95. The second kappa shape index (κ2) is 7.78. The lowest BCUT2D eigenvalue weighted by atomic mass is 10.1. The van der Waals surface area contributed by atoms with Crippen molar-refractivity contribution >= 4 is 11.6 Å². The predicted molar refractivity (Wildman–Crippen MR) is 102 cm³/mol. The van der Waals surface area contributed by atoms with Crippen LogP contribution in [0.25, 0.3) is 0 Å². The number of carbonyl (C=O) groups is 1. The highest BCUT2D eigenvalue weighted by Gasteiger charge is 2.25. The van der Waals surface area contributed by atoms with Gasteiger partial charge in [-0.2, -0.15) is 5.10 Å². The molecule has 1 aromatic heterocycles. The van der Waals surface area contributed by atoms with Crippen molar-refractivity contribution in [3.63, 3.8) is 0 Å².